The maximum Gasteiger partial charge on any atom is 0.0404 e. The van der Waals surface area contributed by atoms with E-state index in [1.54, 1.807) is 0 Å². The Bertz CT molecular complexity index is 307. The predicted molar refractivity (Wildman–Crippen MR) is 75.7 cm³/mol. The molecule has 2 heterocycles. The second kappa shape index (κ2) is 8.22. The number of aryl methyl sites for hydroxylation is 1. The van der Waals surface area contributed by atoms with E-state index in [4.69, 9.17) is 0 Å². The second-order valence-corrected chi connectivity index (χ2v) is 5.08. The first-order valence-corrected chi connectivity index (χ1v) is 7.28. The summed E-state index contributed by atoms with van der Waals surface area (Å²) in [4.78, 5) is 6.91. The smallest absolute Gasteiger partial charge is 0.0404 e. The monoisotopic (exact) mass is 247 g/mol. The highest BCUT2D eigenvalue weighted by Crippen LogP contribution is 2.07. The number of likely N-dealkylation sites (tertiary alicyclic amines) is 1. The molecule has 2 rings (SSSR count). The number of nitrogens with zero attached hydrogens (tertiary/aromatic N) is 2. The zero-order chi connectivity index (χ0) is 12.5. The van der Waals surface area contributed by atoms with Gasteiger partial charge in [-0.1, -0.05) is 12.5 Å². The van der Waals surface area contributed by atoms with E-state index in [2.05, 4.69) is 27.3 Å². The van der Waals surface area contributed by atoms with Gasteiger partial charge in [0.1, 0.15) is 0 Å². The summed E-state index contributed by atoms with van der Waals surface area (Å²) in [6.07, 6.45) is 8.33. The van der Waals surface area contributed by atoms with Crippen LogP contribution in [-0.4, -0.2) is 42.6 Å². The molecule has 0 amide bonds. The third-order valence-corrected chi connectivity index (χ3v) is 3.57. The Hall–Kier alpha value is -0.930. The molecule has 0 aliphatic carbocycles. The van der Waals surface area contributed by atoms with E-state index in [0.717, 1.165) is 19.5 Å². The third kappa shape index (κ3) is 5.15. The van der Waals surface area contributed by atoms with Crippen molar-refractivity contribution in [3.05, 3.63) is 30.1 Å². The Balaban J connectivity index is 1.46. The molecule has 0 aromatic carbocycles. The van der Waals surface area contributed by atoms with Crippen molar-refractivity contribution in [1.82, 2.24) is 15.2 Å². The van der Waals surface area contributed by atoms with E-state index in [0.29, 0.717) is 0 Å². The molecule has 0 radical (unpaired) electrons. The van der Waals surface area contributed by atoms with Crippen LogP contribution in [0.4, 0.5) is 0 Å². The van der Waals surface area contributed by atoms with Crippen LogP contribution in [0.25, 0.3) is 0 Å². The molecule has 0 spiro atoms. The minimum Gasteiger partial charge on any atom is -0.315 e. The van der Waals surface area contributed by atoms with Gasteiger partial charge in [0.25, 0.3) is 0 Å². The Labute approximate surface area is 111 Å². The average Bonchev–Trinajstić information content (AvgIpc) is 2.45. The fraction of sp³-hybridized carbons (Fsp3) is 0.667. The lowest BCUT2D eigenvalue weighted by Gasteiger charge is -2.26. The van der Waals surface area contributed by atoms with Gasteiger partial charge < -0.3 is 10.2 Å². The summed E-state index contributed by atoms with van der Waals surface area (Å²) in [6, 6.07) is 6.14. The van der Waals surface area contributed by atoms with Gasteiger partial charge in [-0.3, -0.25) is 4.98 Å². The molecule has 1 fully saturated rings. The SMILES string of the molecule is c1ccc(CCCNCCN2CCCCC2)nc1. The maximum atomic E-state index is 4.33. The van der Waals surface area contributed by atoms with Crippen molar-refractivity contribution in [2.24, 2.45) is 0 Å². The number of pyridine rings is 1. The van der Waals surface area contributed by atoms with Crippen LogP contribution in [0.1, 0.15) is 31.4 Å². The molecule has 1 N–H and O–H groups in total. The summed E-state index contributed by atoms with van der Waals surface area (Å²) < 4.78 is 0. The lowest BCUT2D eigenvalue weighted by atomic mass is 10.1. The van der Waals surface area contributed by atoms with E-state index >= 15 is 0 Å². The van der Waals surface area contributed by atoms with Crippen LogP contribution in [0.2, 0.25) is 0 Å². The van der Waals surface area contributed by atoms with Crippen molar-refractivity contribution in [1.29, 1.82) is 0 Å². The van der Waals surface area contributed by atoms with Gasteiger partial charge in [-0.25, -0.2) is 0 Å². The number of hydrogen-bond acceptors (Lipinski definition) is 3. The van der Waals surface area contributed by atoms with Crippen LogP contribution in [0, 0.1) is 0 Å². The normalized spacial score (nSPS) is 16.9. The summed E-state index contributed by atoms with van der Waals surface area (Å²) in [5.41, 5.74) is 1.20. The molecule has 0 unspecified atom stereocenters. The summed E-state index contributed by atoms with van der Waals surface area (Å²) in [6.45, 7) is 6.04. The molecular weight excluding hydrogens is 222 g/mol. The molecule has 100 valence electrons. The van der Waals surface area contributed by atoms with Crippen molar-refractivity contribution in [2.75, 3.05) is 32.7 Å². The molecule has 1 saturated heterocycles. The van der Waals surface area contributed by atoms with E-state index in [-0.39, 0.29) is 0 Å². The highest BCUT2D eigenvalue weighted by atomic mass is 15.1. The number of hydrogen-bond donors (Lipinski definition) is 1. The van der Waals surface area contributed by atoms with Crippen molar-refractivity contribution >= 4 is 0 Å². The largest absolute Gasteiger partial charge is 0.315 e. The molecule has 0 saturated carbocycles. The summed E-state index contributed by atoms with van der Waals surface area (Å²) in [5, 5.41) is 3.53. The first-order chi connectivity index (χ1) is 8.95. The summed E-state index contributed by atoms with van der Waals surface area (Å²) in [5.74, 6) is 0. The average molecular weight is 247 g/mol. The molecule has 0 bridgehead atoms. The van der Waals surface area contributed by atoms with Gasteiger partial charge >= 0.3 is 0 Å². The predicted octanol–water partition coefficient (Wildman–Crippen LogP) is 2.09. The van der Waals surface area contributed by atoms with Crippen molar-refractivity contribution in [3.63, 3.8) is 0 Å². The topological polar surface area (TPSA) is 28.2 Å². The summed E-state index contributed by atoms with van der Waals surface area (Å²) >= 11 is 0. The van der Waals surface area contributed by atoms with Gasteiger partial charge in [-0.2, -0.15) is 0 Å². The molecule has 0 atom stereocenters. The van der Waals surface area contributed by atoms with E-state index in [1.807, 2.05) is 12.3 Å². The zero-order valence-electron chi connectivity index (χ0n) is 11.3. The first kappa shape index (κ1) is 13.5. The number of aromatic nitrogens is 1. The number of rotatable bonds is 7. The lowest BCUT2D eigenvalue weighted by molar-refractivity contribution is 0.229. The second-order valence-electron chi connectivity index (χ2n) is 5.08. The lowest BCUT2D eigenvalue weighted by Crippen LogP contribution is -2.36. The third-order valence-electron chi connectivity index (χ3n) is 3.57. The van der Waals surface area contributed by atoms with Crippen LogP contribution in [0.5, 0.6) is 0 Å². The van der Waals surface area contributed by atoms with Crippen LogP contribution in [-0.2, 0) is 6.42 Å². The van der Waals surface area contributed by atoms with E-state index in [9.17, 15) is 0 Å². The molecule has 1 aliphatic rings. The highest BCUT2D eigenvalue weighted by Gasteiger charge is 2.08. The van der Waals surface area contributed by atoms with Gasteiger partial charge in [-0.05, 0) is 57.5 Å². The molecular formula is C15H25N3. The molecule has 1 aromatic heterocycles. The molecule has 3 nitrogen and oxygen atoms in total. The quantitative estimate of drug-likeness (QED) is 0.748. The maximum absolute atomic E-state index is 4.33. The fourth-order valence-corrected chi connectivity index (χ4v) is 2.49. The van der Waals surface area contributed by atoms with Gasteiger partial charge in [0.2, 0.25) is 0 Å². The molecule has 1 aliphatic heterocycles. The van der Waals surface area contributed by atoms with Crippen molar-refractivity contribution in [3.8, 4) is 0 Å². The van der Waals surface area contributed by atoms with Crippen molar-refractivity contribution in [2.45, 2.75) is 32.1 Å². The van der Waals surface area contributed by atoms with E-state index in [1.165, 1.54) is 51.0 Å². The van der Waals surface area contributed by atoms with Crippen molar-refractivity contribution < 1.29 is 0 Å². The molecule has 18 heavy (non-hydrogen) atoms. The fourth-order valence-electron chi connectivity index (χ4n) is 2.49. The van der Waals surface area contributed by atoms with Crippen LogP contribution in [0.15, 0.2) is 24.4 Å². The Morgan fingerprint density at radius 2 is 2.00 bits per heavy atom. The van der Waals surface area contributed by atoms with Gasteiger partial charge in [-0.15, -0.1) is 0 Å². The number of piperidine rings is 1. The van der Waals surface area contributed by atoms with Crippen LogP contribution >= 0.6 is 0 Å². The Kier molecular flexibility index (Phi) is 6.17. The van der Waals surface area contributed by atoms with Crippen LogP contribution in [0.3, 0.4) is 0 Å². The zero-order valence-corrected chi connectivity index (χ0v) is 11.3. The minimum absolute atomic E-state index is 1.08. The minimum atomic E-state index is 1.08. The van der Waals surface area contributed by atoms with E-state index < -0.39 is 0 Å². The molecule has 1 aromatic rings. The van der Waals surface area contributed by atoms with Gasteiger partial charge in [0.15, 0.2) is 0 Å². The first-order valence-electron chi connectivity index (χ1n) is 7.28. The van der Waals surface area contributed by atoms with Gasteiger partial charge in [0.05, 0.1) is 0 Å². The van der Waals surface area contributed by atoms with Gasteiger partial charge in [0, 0.05) is 25.0 Å². The Morgan fingerprint density at radius 3 is 2.78 bits per heavy atom. The number of nitrogens with one attached hydrogen (secondary N) is 1. The Morgan fingerprint density at radius 1 is 1.11 bits per heavy atom. The highest BCUT2D eigenvalue weighted by molar-refractivity contribution is 5.03. The summed E-state index contributed by atoms with van der Waals surface area (Å²) in [7, 11) is 0. The standard InChI is InChI=1S/C15H25N3/c1-4-12-18(13-5-1)14-11-16-9-6-8-15-7-2-3-10-17-15/h2-3,7,10,16H,1,4-6,8-9,11-14H2. The molecule has 3 heteroatoms. The van der Waals surface area contributed by atoms with Crippen LogP contribution < -0.4 is 5.32 Å².